The Kier molecular flexibility index (Phi) is 4.98. The molecule has 8 nitrogen and oxygen atoms in total. The molecule has 0 saturated heterocycles. The van der Waals surface area contributed by atoms with E-state index >= 15 is 0 Å². The van der Waals surface area contributed by atoms with Crippen molar-refractivity contribution in [2.75, 3.05) is 0 Å². The van der Waals surface area contributed by atoms with Crippen LogP contribution in [0.5, 0.6) is 0 Å². The van der Waals surface area contributed by atoms with Crippen molar-refractivity contribution in [3.05, 3.63) is 64.6 Å². The largest absolute Gasteiger partial charge is 0.345 e. The molecule has 0 saturated carbocycles. The van der Waals surface area contributed by atoms with Crippen LogP contribution in [-0.4, -0.2) is 30.6 Å². The second-order valence-electron chi connectivity index (χ2n) is 6.66. The molecule has 1 aromatic carbocycles. The quantitative estimate of drug-likeness (QED) is 0.535. The van der Waals surface area contributed by atoms with Gasteiger partial charge in [-0.2, -0.15) is 4.98 Å². The van der Waals surface area contributed by atoms with Crippen molar-refractivity contribution in [1.82, 2.24) is 30.1 Å². The summed E-state index contributed by atoms with van der Waals surface area (Å²) < 4.78 is 20.3. The van der Waals surface area contributed by atoms with Crippen LogP contribution in [0.2, 0.25) is 5.02 Å². The first-order valence-corrected chi connectivity index (χ1v) is 9.21. The number of pyridine rings is 1. The van der Waals surface area contributed by atoms with Gasteiger partial charge in [-0.05, 0) is 30.3 Å². The maximum Gasteiger partial charge on any atom is 0.261 e. The fourth-order valence-electron chi connectivity index (χ4n) is 2.73. The summed E-state index contributed by atoms with van der Waals surface area (Å²) in [5.41, 5.74) is 1.42. The van der Waals surface area contributed by atoms with Gasteiger partial charge in [0.15, 0.2) is 17.3 Å². The van der Waals surface area contributed by atoms with Crippen molar-refractivity contribution in [3.8, 4) is 11.5 Å². The van der Waals surface area contributed by atoms with Gasteiger partial charge in [-0.3, -0.25) is 9.20 Å². The zero-order valence-corrected chi connectivity index (χ0v) is 16.3. The first-order chi connectivity index (χ1) is 13.9. The molecular formula is C19H16ClFN6O2. The molecule has 4 rings (SSSR count). The molecule has 0 unspecified atom stereocenters. The van der Waals surface area contributed by atoms with Gasteiger partial charge >= 0.3 is 0 Å². The molecule has 0 bridgehead atoms. The van der Waals surface area contributed by atoms with Crippen molar-refractivity contribution >= 4 is 23.2 Å². The average Bonchev–Trinajstić information content (AvgIpc) is 3.35. The number of hydrogen-bond donors (Lipinski definition) is 1. The zero-order valence-electron chi connectivity index (χ0n) is 15.6. The van der Waals surface area contributed by atoms with E-state index in [1.54, 1.807) is 16.7 Å². The van der Waals surface area contributed by atoms with Gasteiger partial charge in [-0.25, -0.2) is 4.39 Å². The number of nitrogens with one attached hydrogen (secondary N) is 1. The van der Waals surface area contributed by atoms with Crippen LogP contribution < -0.4 is 5.32 Å². The van der Waals surface area contributed by atoms with Gasteiger partial charge in [0.2, 0.25) is 0 Å². The van der Waals surface area contributed by atoms with E-state index < -0.39 is 11.7 Å². The Morgan fingerprint density at radius 2 is 2.14 bits per heavy atom. The average molecular weight is 415 g/mol. The lowest BCUT2D eigenvalue weighted by atomic mass is 10.2. The first kappa shape index (κ1) is 19.0. The number of carbonyl (C=O) groups excluding carboxylic acids is 1. The van der Waals surface area contributed by atoms with Gasteiger partial charge < -0.3 is 9.84 Å². The molecule has 0 radical (unpaired) electrons. The lowest BCUT2D eigenvalue weighted by molar-refractivity contribution is 0.0949. The van der Waals surface area contributed by atoms with Crippen molar-refractivity contribution in [2.45, 2.75) is 26.3 Å². The number of benzene rings is 1. The minimum atomic E-state index is -0.583. The first-order valence-electron chi connectivity index (χ1n) is 8.84. The molecule has 1 amide bonds. The normalized spacial score (nSPS) is 11.3. The third kappa shape index (κ3) is 3.68. The molecule has 3 aromatic heterocycles. The summed E-state index contributed by atoms with van der Waals surface area (Å²) in [6.07, 6.45) is 1.77. The van der Waals surface area contributed by atoms with Crippen LogP contribution in [0, 0.1) is 5.82 Å². The maximum absolute atomic E-state index is 13.3. The van der Waals surface area contributed by atoms with Gasteiger partial charge in [0.1, 0.15) is 5.82 Å². The molecule has 0 atom stereocenters. The highest BCUT2D eigenvalue weighted by atomic mass is 35.5. The third-order valence-corrected chi connectivity index (χ3v) is 4.57. The summed E-state index contributed by atoms with van der Waals surface area (Å²) in [6.45, 7) is 4.06. The summed E-state index contributed by atoms with van der Waals surface area (Å²) in [4.78, 5) is 16.7. The highest BCUT2D eigenvalue weighted by molar-refractivity contribution is 6.31. The molecule has 0 spiro atoms. The highest BCUT2D eigenvalue weighted by Gasteiger charge is 2.18. The summed E-state index contributed by atoms with van der Waals surface area (Å²) >= 11 is 5.73. The van der Waals surface area contributed by atoms with Crippen LogP contribution in [0.1, 0.15) is 41.8 Å². The van der Waals surface area contributed by atoms with Crippen LogP contribution in [0.25, 0.3) is 17.1 Å². The van der Waals surface area contributed by atoms with E-state index in [1.807, 2.05) is 19.9 Å². The Balaban J connectivity index is 1.57. The monoisotopic (exact) mass is 414 g/mol. The Bertz CT molecular complexity index is 1200. The Morgan fingerprint density at radius 3 is 2.86 bits per heavy atom. The lowest BCUT2D eigenvalue weighted by Crippen LogP contribution is -2.24. The van der Waals surface area contributed by atoms with E-state index in [0.29, 0.717) is 28.8 Å². The molecule has 0 fully saturated rings. The van der Waals surface area contributed by atoms with E-state index in [4.69, 9.17) is 16.1 Å². The van der Waals surface area contributed by atoms with E-state index in [9.17, 15) is 9.18 Å². The smallest absolute Gasteiger partial charge is 0.261 e. The van der Waals surface area contributed by atoms with E-state index in [1.165, 1.54) is 12.1 Å². The van der Waals surface area contributed by atoms with Crippen LogP contribution in [0.3, 0.4) is 0 Å². The Hall–Kier alpha value is -3.33. The second-order valence-corrected chi connectivity index (χ2v) is 7.06. The molecule has 3 heterocycles. The van der Waals surface area contributed by atoms with Crippen LogP contribution in [0.4, 0.5) is 4.39 Å². The number of aromatic nitrogens is 5. The molecule has 1 N–H and O–H groups in total. The highest BCUT2D eigenvalue weighted by Crippen LogP contribution is 2.24. The summed E-state index contributed by atoms with van der Waals surface area (Å²) in [5, 5.41) is 14.9. The molecule has 0 aliphatic carbocycles. The summed E-state index contributed by atoms with van der Waals surface area (Å²) in [5.74, 6) is 0.608. The minimum absolute atomic E-state index is 0.111. The van der Waals surface area contributed by atoms with Crippen LogP contribution >= 0.6 is 11.6 Å². The number of fused-ring (bicyclic) bond motifs is 1. The minimum Gasteiger partial charge on any atom is -0.345 e. The van der Waals surface area contributed by atoms with Gasteiger partial charge in [0.25, 0.3) is 11.8 Å². The molecule has 0 aliphatic heterocycles. The molecule has 10 heteroatoms. The van der Waals surface area contributed by atoms with Gasteiger partial charge in [0, 0.05) is 17.7 Å². The number of carbonyl (C=O) groups is 1. The fraction of sp³-hybridized carbons (Fsp3) is 0.211. The second kappa shape index (κ2) is 7.59. The van der Waals surface area contributed by atoms with E-state index in [-0.39, 0.29) is 23.0 Å². The predicted molar refractivity (Wildman–Crippen MR) is 103 cm³/mol. The lowest BCUT2D eigenvalue weighted by Gasteiger charge is -2.05. The molecule has 4 aromatic rings. The third-order valence-electron chi connectivity index (χ3n) is 4.28. The van der Waals surface area contributed by atoms with Crippen molar-refractivity contribution < 1.29 is 13.7 Å². The molecule has 29 heavy (non-hydrogen) atoms. The van der Waals surface area contributed by atoms with Crippen molar-refractivity contribution in [1.29, 1.82) is 0 Å². The number of rotatable bonds is 5. The van der Waals surface area contributed by atoms with Crippen LogP contribution in [0.15, 0.2) is 41.1 Å². The Morgan fingerprint density at radius 1 is 1.31 bits per heavy atom. The number of hydrogen-bond acceptors (Lipinski definition) is 6. The number of amides is 1. The van der Waals surface area contributed by atoms with Gasteiger partial charge in [-0.15, -0.1) is 10.2 Å². The number of nitrogens with zero attached hydrogens (tertiary/aromatic N) is 5. The zero-order chi connectivity index (χ0) is 20.5. The summed E-state index contributed by atoms with van der Waals surface area (Å²) in [7, 11) is 0. The fourth-order valence-corrected chi connectivity index (χ4v) is 2.91. The van der Waals surface area contributed by atoms with E-state index in [2.05, 4.69) is 25.7 Å². The van der Waals surface area contributed by atoms with E-state index in [0.717, 1.165) is 6.07 Å². The Labute approximate surface area is 169 Å². The maximum atomic E-state index is 13.3. The SMILES string of the molecule is CC(C)c1noc(-c2cccn3c(CNC(=O)c4ccc(F)c(Cl)c4)nnc23)n1. The number of halogens is 2. The molecular weight excluding hydrogens is 399 g/mol. The standard InChI is InChI=1S/C19H16ClFN6O2/c1-10(2)16-23-19(29-26-16)12-4-3-7-27-15(24-25-17(12)27)9-22-18(28)11-5-6-14(21)13(20)8-11/h3-8,10H,9H2,1-2H3,(H,22,28). The molecule has 148 valence electrons. The van der Waals surface area contributed by atoms with Gasteiger partial charge in [-0.1, -0.05) is 30.6 Å². The van der Waals surface area contributed by atoms with Crippen LogP contribution in [-0.2, 0) is 6.54 Å². The van der Waals surface area contributed by atoms with Gasteiger partial charge in [0.05, 0.1) is 17.1 Å². The predicted octanol–water partition coefficient (Wildman–Crippen LogP) is 3.63. The van der Waals surface area contributed by atoms with Crippen molar-refractivity contribution in [2.24, 2.45) is 0 Å². The summed E-state index contributed by atoms with van der Waals surface area (Å²) in [6, 6.07) is 7.39. The van der Waals surface area contributed by atoms with Crippen molar-refractivity contribution in [3.63, 3.8) is 0 Å². The molecule has 0 aliphatic rings. The topological polar surface area (TPSA) is 98.2 Å².